The van der Waals surface area contributed by atoms with E-state index in [-0.39, 0.29) is 4.90 Å². The predicted molar refractivity (Wildman–Crippen MR) is 80.8 cm³/mol. The molecule has 1 atom stereocenters. The Morgan fingerprint density at radius 1 is 1.30 bits per heavy atom. The standard InChI is InChI=1S/C12H12Cl3NO3S/c1-3-10(17)16-11(12(13,14)15)20(18,19)9-6-4-8(2)5-7-9/h3-7,11H,1H2,2H3,(H,16,17). The molecule has 1 rings (SSSR count). The summed E-state index contributed by atoms with van der Waals surface area (Å²) in [6.07, 6.45) is 0.897. The lowest BCUT2D eigenvalue weighted by molar-refractivity contribution is -0.116. The first-order valence-corrected chi connectivity index (χ1v) is 8.07. The number of hydrogen-bond acceptors (Lipinski definition) is 3. The minimum absolute atomic E-state index is 0.0520. The molecule has 0 spiro atoms. The quantitative estimate of drug-likeness (QED) is 0.666. The lowest BCUT2D eigenvalue weighted by Gasteiger charge is -2.25. The molecule has 0 saturated heterocycles. The van der Waals surface area contributed by atoms with Crippen molar-refractivity contribution in [2.45, 2.75) is 21.0 Å². The summed E-state index contributed by atoms with van der Waals surface area (Å²) < 4.78 is 22.7. The van der Waals surface area contributed by atoms with Crippen LogP contribution in [0.2, 0.25) is 0 Å². The molecule has 1 unspecified atom stereocenters. The van der Waals surface area contributed by atoms with Gasteiger partial charge in [-0.25, -0.2) is 8.42 Å². The number of alkyl halides is 3. The van der Waals surface area contributed by atoms with Gasteiger partial charge in [0.25, 0.3) is 0 Å². The van der Waals surface area contributed by atoms with Gasteiger partial charge in [0, 0.05) is 0 Å². The van der Waals surface area contributed by atoms with Gasteiger partial charge in [0.05, 0.1) is 4.90 Å². The van der Waals surface area contributed by atoms with Crippen LogP contribution in [-0.2, 0) is 14.6 Å². The third kappa shape index (κ3) is 4.12. The summed E-state index contributed by atoms with van der Waals surface area (Å²) in [7, 11) is -4.06. The van der Waals surface area contributed by atoms with Crippen molar-refractivity contribution in [3.05, 3.63) is 42.5 Å². The van der Waals surface area contributed by atoms with Gasteiger partial charge in [0.1, 0.15) is 0 Å². The van der Waals surface area contributed by atoms with Crippen LogP contribution in [0.15, 0.2) is 41.8 Å². The number of rotatable bonds is 4. The van der Waals surface area contributed by atoms with Crippen molar-refractivity contribution in [1.82, 2.24) is 5.32 Å². The zero-order valence-corrected chi connectivity index (χ0v) is 13.5. The number of nitrogens with one attached hydrogen (secondary N) is 1. The van der Waals surface area contributed by atoms with Crippen LogP contribution in [0.5, 0.6) is 0 Å². The minimum Gasteiger partial charge on any atom is -0.332 e. The van der Waals surface area contributed by atoms with Gasteiger partial charge in [-0.15, -0.1) is 0 Å². The highest BCUT2D eigenvalue weighted by atomic mass is 35.6. The van der Waals surface area contributed by atoms with Gasteiger partial charge in [-0.05, 0) is 25.1 Å². The predicted octanol–water partition coefficient (Wildman–Crippen LogP) is 2.77. The second-order valence-corrected chi connectivity index (χ2v) is 8.39. The third-order valence-electron chi connectivity index (χ3n) is 2.42. The van der Waals surface area contributed by atoms with Gasteiger partial charge in [0.15, 0.2) is 5.37 Å². The van der Waals surface area contributed by atoms with E-state index in [9.17, 15) is 13.2 Å². The van der Waals surface area contributed by atoms with E-state index in [1.807, 2.05) is 6.92 Å². The molecule has 0 bridgehead atoms. The molecule has 0 aromatic heterocycles. The molecule has 0 aliphatic rings. The first-order valence-electron chi connectivity index (χ1n) is 5.39. The number of carbonyl (C=O) groups is 1. The number of hydrogen-bond donors (Lipinski definition) is 1. The second kappa shape index (κ2) is 6.35. The zero-order chi connectivity index (χ0) is 15.6. The van der Waals surface area contributed by atoms with E-state index < -0.39 is 24.9 Å². The maximum atomic E-state index is 12.4. The van der Waals surface area contributed by atoms with E-state index in [0.29, 0.717) is 0 Å². The van der Waals surface area contributed by atoms with E-state index in [4.69, 9.17) is 34.8 Å². The molecule has 4 nitrogen and oxygen atoms in total. The zero-order valence-electron chi connectivity index (χ0n) is 10.4. The number of halogens is 3. The van der Waals surface area contributed by atoms with Gasteiger partial charge in [-0.3, -0.25) is 4.79 Å². The highest BCUT2D eigenvalue weighted by Crippen LogP contribution is 2.35. The molecule has 1 N–H and O–H groups in total. The van der Waals surface area contributed by atoms with Gasteiger partial charge in [0.2, 0.25) is 19.5 Å². The largest absolute Gasteiger partial charge is 0.332 e. The molecule has 1 aromatic carbocycles. The topological polar surface area (TPSA) is 63.2 Å². The molecule has 0 aliphatic carbocycles. The van der Waals surface area contributed by atoms with Gasteiger partial charge < -0.3 is 5.32 Å². The van der Waals surface area contributed by atoms with Gasteiger partial charge in [-0.1, -0.05) is 59.1 Å². The Morgan fingerprint density at radius 3 is 2.20 bits per heavy atom. The highest BCUT2D eigenvalue weighted by Gasteiger charge is 2.44. The van der Waals surface area contributed by atoms with Gasteiger partial charge >= 0.3 is 0 Å². The third-order valence-corrected chi connectivity index (χ3v) is 5.48. The molecule has 8 heteroatoms. The highest BCUT2D eigenvalue weighted by molar-refractivity contribution is 7.92. The SMILES string of the molecule is C=CC(=O)NC(C(Cl)(Cl)Cl)S(=O)(=O)c1ccc(C)cc1. The molecule has 0 saturated carbocycles. The Labute approximate surface area is 132 Å². The second-order valence-electron chi connectivity index (χ2n) is 3.99. The number of carbonyl (C=O) groups excluding carboxylic acids is 1. The molecule has 110 valence electrons. The molecule has 0 heterocycles. The maximum Gasteiger partial charge on any atom is 0.244 e. The first kappa shape index (κ1) is 17.3. The molecule has 20 heavy (non-hydrogen) atoms. The lowest BCUT2D eigenvalue weighted by atomic mass is 10.2. The molecule has 1 amide bonds. The number of aryl methyl sites for hydroxylation is 1. The minimum atomic E-state index is -4.06. The first-order chi connectivity index (χ1) is 9.09. The Bertz CT molecular complexity index is 606. The molecule has 0 radical (unpaired) electrons. The summed E-state index contributed by atoms with van der Waals surface area (Å²) in [6, 6.07) is 5.98. The van der Waals surface area contributed by atoms with Crippen molar-refractivity contribution >= 4 is 50.5 Å². The van der Waals surface area contributed by atoms with Crippen LogP contribution < -0.4 is 5.32 Å². The summed E-state index contributed by atoms with van der Waals surface area (Å²) in [5.74, 6) is -0.753. The Morgan fingerprint density at radius 2 is 1.80 bits per heavy atom. The van der Waals surface area contributed by atoms with E-state index >= 15 is 0 Å². The lowest BCUT2D eigenvalue weighted by Crippen LogP contribution is -2.48. The smallest absolute Gasteiger partial charge is 0.244 e. The normalized spacial score (nSPS) is 13.6. The monoisotopic (exact) mass is 355 g/mol. The molecule has 0 fully saturated rings. The fourth-order valence-corrected chi connectivity index (χ4v) is 4.02. The van der Waals surface area contributed by atoms with Crippen LogP contribution in [0, 0.1) is 6.92 Å². The van der Waals surface area contributed by atoms with Crippen LogP contribution in [0.1, 0.15) is 5.56 Å². The van der Waals surface area contributed by atoms with Crippen molar-refractivity contribution in [3.8, 4) is 0 Å². The van der Waals surface area contributed by atoms with Gasteiger partial charge in [-0.2, -0.15) is 0 Å². The Hall–Kier alpha value is -0.750. The molecule has 1 aromatic rings. The van der Waals surface area contributed by atoms with Crippen LogP contribution >= 0.6 is 34.8 Å². The van der Waals surface area contributed by atoms with Crippen LogP contribution in [0.25, 0.3) is 0 Å². The summed E-state index contributed by atoms with van der Waals surface area (Å²) in [5.41, 5.74) is 0.879. The van der Waals surface area contributed by atoms with E-state index in [1.54, 1.807) is 12.1 Å². The van der Waals surface area contributed by atoms with Crippen molar-refractivity contribution in [3.63, 3.8) is 0 Å². The fourth-order valence-electron chi connectivity index (χ4n) is 1.39. The summed E-state index contributed by atoms with van der Waals surface area (Å²) in [4.78, 5) is 11.3. The Kier molecular flexibility index (Phi) is 5.49. The van der Waals surface area contributed by atoms with Crippen molar-refractivity contribution in [1.29, 1.82) is 0 Å². The summed E-state index contributed by atoms with van der Waals surface area (Å²) in [6.45, 7) is 5.03. The van der Waals surface area contributed by atoms with Crippen molar-refractivity contribution in [2.24, 2.45) is 0 Å². The maximum absolute atomic E-state index is 12.4. The van der Waals surface area contributed by atoms with Crippen LogP contribution in [-0.4, -0.2) is 23.5 Å². The van der Waals surface area contributed by atoms with Crippen molar-refractivity contribution in [2.75, 3.05) is 0 Å². The molecule has 0 aliphatic heterocycles. The molecular formula is C12H12Cl3NO3S. The van der Waals surface area contributed by atoms with Crippen molar-refractivity contribution < 1.29 is 13.2 Å². The van der Waals surface area contributed by atoms with E-state index in [1.165, 1.54) is 12.1 Å². The molecular weight excluding hydrogens is 345 g/mol. The van der Waals surface area contributed by atoms with E-state index in [2.05, 4.69) is 11.9 Å². The summed E-state index contributed by atoms with van der Waals surface area (Å²) in [5, 5.41) is 0.405. The fraction of sp³-hybridized carbons (Fsp3) is 0.250. The summed E-state index contributed by atoms with van der Waals surface area (Å²) >= 11 is 17.0. The van der Waals surface area contributed by atoms with E-state index in [0.717, 1.165) is 11.6 Å². The number of amides is 1. The van der Waals surface area contributed by atoms with Crippen LogP contribution in [0.3, 0.4) is 0 Å². The average molecular weight is 357 g/mol. The number of sulfone groups is 1. The average Bonchev–Trinajstić information content (AvgIpc) is 2.34. The number of benzene rings is 1. The van der Waals surface area contributed by atoms with Crippen LogP contribution in [0.4, 0.5) is 0 Å². The Balaban J connectivity index is 3.28.